The molecule has 9 heteroatoms. The number of hydrazone groups is 1. The van der Waals surface area contributed by atoms with Gasteiger partial charge >= 0.3 is 0 Å². The highest BCUT2D eigenvalue weighted by Gasteiger charge is 2.11. The first kappa shape index (κ1) is 14.0. The van der Waals surface area contributed by atoms with Crippen molar-refractivity contribution >= 4 is 17.1 Å². The third kappa shape index (κ3) is 3.73. The molecule has 0 saturated carbocycles. The molecule has 0 aliphatic rings. The van der Waals surface area contributed by atoms with Crippen LogP contribution in [0.15, 0.2) is 29.4 Å². The molecule has 19 heavy (non-hydrogen) atoms. The van der Waals surface area contributed by atoms with Crippen molar-refractivity contribution in [1.82, 2.24) is 0 Å². The van der Waals surface area contributed by atoms with E-state index < -0.39 is 17.5 Å². The maximum absolute atomic E-state index is 12.2. The molecule has 0 spiro atoms. The van der Waals surface area contributed by atoms with Gasteiger partial charge in [0.05, 0.1) is 10.6 Å². The summed E-state index contributed by atoms with van der Waals surface area (Å²) in [5, 5.41) is 31.6. The summed E-state index contributed by atoms with van der Waals surface area (Å²) in [5.41, 5.74) is -0.591. The van der Waals surface area contributed by atoms with E-state index in [-0.39, 0.29) is 11.4 Å². The van der Waals surface area contributed by atoms with E-state index in [1.807, 2.05) is 0 Å². The van der Waals surface area contributed by atoms with Crippen LogP contribution in [-0.4, -0.2) is 17.5 Å². The van der Waals surface area contributed by atoms with Crippen molar-refractivity contribution in [3.8, 4) is 12.1 Å². The molecule has 0 unspecified atom stereocenters. The zero-order valence-corrected chi connectivity index (χ0v) is 9.36. The number of hydrogen-bond donors (Lipinski definition) is 0. The van der Waals surface area contributed by atoms with E-state index in [2.05, 4.69) is 9.94 Å². The number of rotatable bonds is 5. The monoisotopic (exact) mass is 263 g/mol. The lowest BCUT2D eigenvalue weighted by molar-refractivity contribution is -0.384. The normalized spacial score (nSPS) is 9.00. The maximum atomic E-state index is 12.2. The molecule has 8 nitrogen and oxygen atoms in total. The van der Waals surface area contributed by atoms with E-state index in [1.54, 1.807) is 0 Å². The van der Waals surface area contributed by atoms with Gasteiger partial charge in [0.2, 0.25) is 12.6 Å². The van der Waals surface area contributed by atoms with Gasteiger partial charge in [0.15, 0.2) is 0 Å². The van der Waals surface area contributed by atoms with Gasteiger partial charge in [-0.2, -0.15) is 10.5 Å². The number of benzene rings is 1. The largest absolute Gasteiger partial charge is 0.269 e. The van der Waals surface area contributed by atoms with E-state index in [9.17, 15) is 14.5 Å². The van der Waals surface area contributed by atoms with Crippen molar-refractivity contribution in [3.05, 3.63) is 34.4 Å². The van der Waals surface area contributed by atoms with Crippen LogP contribution in [0.3, 0.4) is 0 Å². The Bertz CT molecular complexity index is 556. The molecule has 0 aromatic heterocycles. The molecule has 0 aliphatic heterocycles. The molecule has 0 atom stereocenters. The van der Waals surface area contributed by atoms with Crippen molar-refractivity contribution in [2.24, 2.45) is 5.10 Å². The van der Waals surface area contributed by atoms with Crippen LogP contribution in [0.25, 0.3) is 0 Å². The van der Waals surface area contributed by atoms with E-state index >= 15 is 0 Å². The number of hydrogen-bond acceptors (Lipinski definition) is 7. The number of anilines is 1. The second-order valence-electron chi connectivity index (χ2n) is 2.96. The molecule has 1 rings (SSSR count). The number of halogens is 1. The van der Waals surface area contributed by atoms with Crippen LogP contribution < -0.4 is 5.17 Å². The van der Waals surface area contributed by atoms with E-state index in [0.29, 0.717) is 5.17 Å². The zero-order chi connectivity index (χ0) is 14.3. The fourth-order valence-corrected chi connectivity index (χ4v) is 1.07. The van der Waals surface area contributed by atoms with Crippen LogP contribution in [0.2, 0.25) is 0 Å². The molecule has 1 aromatic carbocycles. The standard InChI is InChI=1S/C10H6FN5O3/c11-7-19-15(14-8(5-12)6-13)9-1-3-10(4-2-9)16(17)18/h1-4H,7H2. The summed E-state index contributed by atoms with van der Waals surface area (Å²) >= 11 is 0. The number of alkyl halides is 1. The fraction of sp³-hybridized carbons (Fsp3) is 0.100. The highest BCUT2D eigenvalue weighted by Crippen LogP contribution is 2.20. The molecule has 1 aromatic rings. The Labute approximate surface area is 106 Å². The summed E-state index contributed by atoms with van der Waals surface area (Å²) in [6.45, 7) is -1.25. The van der Waals surface area contributed by atoms with E-state index in [0.717, 1.165) is 12.1 Å². The summed E-state index contributed by atoms with van der Waals surface area (Å²) < 4.78 is 12.2. The lowest BCUT2D eigenvalue weighted by atomic mass is 10.3. The lowest BCUT2D eigenvalue weighted by Gasteiger charge is -2.15. The number of nitriles is 2. The molecule has 0 radical (unpaired) electrons. The maximum Gasteiger partial charge on any atom is 0.269 e. The van der Waals surface area contributed by atoms with Crippen molar-refractivity contribution in [1.29, 1.82) is 10.5 Å². The smallest absolute Gasteiger partial charge is 0.258 e. The van der Waals surface area contributed by atoms with Gasteiger partial charge in [-0.15, -0.1) is 10.3 Å². The molecular formula is C10H6FN5O3. The van der Waals surface area contributed by atoms with Crippen LogP contribution in [0.5, 0.6) is 0 Å². The predicted molar refractivity (Wildman–Crippen MR) is 61.3 cm³/mol. The molecule has 0 N–H and O–H groups in total. The predicted octanol–water partition coefficient (Wildman–Crippen LogP) is 1.66. The Hall–Kier alpha value is -3.04. The number of nitrogens with zero attached hydrogens (tertiary/aromatic N) is 5. The first-order chi connectivity index (χ1) is 9.12. The third-order valence-electron chi connectivity index (χ3n) is 1.86. The molecule has 0 heterocycles. The topological polar surface area (TPSA) is 116 Å². The quantitative estimate of drug-likeness (QED) is 0.453. The van der Waals surface area contributed by atoms with Gasteiger partial charge in [-0.05, 0) is 12.1 Å². The van der Waals surface area contributed by atoms with Gasteiger partial charge in [0, 0.05) is 12.1 Å². The van der Waals surface area contributed by atoms with Crippen molar-refractivity contribution in [2.45, 2.75) is 0 Å². The van der Waals surface area contributed by atoms with Gasteiger partial charge in [-0.25, -0.2) is 9.23 Å². The van der Waals surface area contributed by atoms with Crippen molar-refractivity contribution in [2.75, 3.05) is 12.0 Å². The van der Waals surface area contributed by atoms with Crippen LogP contribution in [0.1, 0.15) is 0 Å². The van der Waals surface area contributed by atoms with Gasteiger partial charge in [0.25, 0.3) is 5.69 Å². The Morgan fingerprint density at radius 1 is 1.42 bits per heavy atom. The lowest BCUT2D eigenvalue weighted by Crippen LogP contribution is -2.18. The second-order valence-corrected chi connectivity index (χ2v) is 2.96. The Balaban J connectivity index is 3.07. The number of nitro groups is 1. The third-order valence-corrected chi connectivity index (χ3v) is 1.86. The van der Waals surface area contributed by atoms with E-state index in [4.69, 9.17) is 10.5 Å². The first-order valence-corrected chi connectivity index (χ1v) is 4.74. The van der Waals surface area contributed by atoms with Gasteiger partial charge < -0.3 is 0 Å². The van der Waals surface area contributed by atoms with E-state index in [1.165, 1.54) is 24.3 Å². The summed E-state index contributed by atoms with van der Waals surface area (Å²) in [4.78, 5) is 14.3. The molecule has 0 amide bonds. The van der Waals surface area contributed by atoms with Crippen LogP contribution in [-0.2, 0) is 4.84 Å². The molecule has 0 bridgehead atoms. The van der Waals surface area contributed by atoms with Gasteiger partial charge in [-0.1, -0.05) is 0 Å². The number of nitro benzene ring substituents is 1. The molecule has 96 valence electrons. The summed E-state index contributed by atoms with van der Waals surface area (Å²) in [6.07, 6.45) is 0. The highest BCUT2D eigenvalue weighted by molar-refractivity contribution is 6.10. The molecule has 0 aliphatic carbocycles. The van der Waals surface area contributed by atoms with Crippen molar-refractivity contribution in [3.63, 3.8) is 0 Å². The Morgan fingerprint density at radius 2 is 2.00 bits per heavy atom. The molecule has 0 fully saturated rings. The minimum atomic E-state index is -1.25. The van der Waals surface area contributed by atoms with Crippen LogP contribution in [0.4, 0.5) is 15.8 Å². The molecule has 0 saturated heterocycles. The summed E-state index contributed by atoms with van der Waals surface area (Å²) in [7, 11) is 0. The average molecular weight is 263 g/mol. The van der Waals surface area contributed by atoms with Crippen LogP contribution in [0, 0.1) is 32.8 Å². The molecular weight excluding hydrogens is 257 g/mol. The average Bonchev–Trinajstić information content (AvgIpc) is 2.43. The minimum Gasteiger partial charge on any atom is -0.258 e. The zero-order valence-electron chi connectivity index (χ0n) is 9.36. The second kappa shape index (κ2) is 6.64. The van der Waals surface area contributed by atoms with Crippen molar-refractivity contribution < 1.29 is 14.2 Å². The van der Waals surface area contributed by atoms with Gasteiger partial charge in [-0.3, -0.25) is 10.1 Å². The Kier molecular flexibility index (Phi) is 4.90. The SMILES string of the molecule is N#CC(C#N)=NN(OCF)c1ccc([N+](=O)[O-])cc1. The fourth-order valence-electron chi connectivity index (χ4n) is 1.07. The van der Waals surface area contributed by atoms with Crippen LogP contribution >= 0.6 is 0 Å². The van der Waals surface area contributed by atoms with Gasteiger partial charge in [0.1, 0.15) is 12.1 Å². The summed E-state index contributed by atoms with van der Waals surface area (Å²) in [6, 6.07) is 7.73. The minimum absolute atomic E-state index is 0.131. The number of non-ortho nitro benzene ring substituents is 1. The highest BCUT2D eigenvalue weighted by atomic mass is 19.1. The first-order valence-electron chi connectivity index (χ1n) is 4.74. The summed E-state index contributed by atoms with van der Waals surface area (Å²) in [5.74, 6) is 0. The Morgan fingerprint density at radius 3 is 2.42 bits per heavy atom.